The molecule has 0 amide bonds. The molecule has 0 aliphatic rings. The number of rotatable bonds is 8. The number of methoxy groups -OCH3 is 1. The van der Waals surface area contributed by atoms with Crippen LogP contribution in [0.5, 0.6) is 11.5 Å². The van der Waals surface area contributed by atoms with Crippen LogP contribution in [-0.4, -0.2) is 30.8 Å². The van der Waals surface area contributed by atoms with Gasteiger partial charge in [-0.3, -0.25) is 4.79 Å². The SMILES string of the molecule is CCCOc1c(OC)ccc(Br)c1CNC(C)C(=O)O. The first-order valence-corrected chi connectivity index (χ1v) is 7.24. The Bertz CT molecular complexity index is 465. The molecule has 1 aromatic rings. The fraction of sp³-hybridized carbons (Fsp3) is 0.500. The molecule has 0 saturated carbocycles. The van der Waals surface area contributed by atoms with Crippen LogP contribution in [0, 0.1) is 0 Å². The fourth-order valence-corrected chi connectivity index (χ4v) is 2.07. The third-order valence-electron chi connectivity index (χ3n) is 2.79. The number of carboxylic acid groups (broad SMARTS) is 1. The molecule has 112 valence electrons. The monoisotopic (exact) mass is 345 g/mol. The molecule has 1 aromatic carbocycles. The van der Waals surface area contributed by atoms with Crippen LogP contribution >= 0.6 is 15.9 Å². The molecule has 0 bridgehead atoms. The van der Waals surface area contributed by atoms with Gasteiger partial charge in [0.25, 0.3) is 0 Å². The van der Waals surface area contributed by atoms with Gasteiger partial charge in [0.05, 0.1) is 13.7 Å². The van der Waals surface area contributed by atoms with Crippen LogP contribution in [0.1, 0.15) is 25.8 Å². The third kappa shape index (κ3) is 4.38. The zero-order valence-electron chi connectivity index (χ0n) is 11.9. The number of carbonyl (C=O) groups is 1. The van der Waals surface area contributed by atoms with Crippen molar-refractivity contribution in [3.63, 3.8) is 0 Å². The van der Waals surface area contributed by atoms with E-state index in [0.29, 0.717) is 24.7 Å². The molecule has 6 heteroatoms. The summed E-state index contributed by atoms with van der Waals surface area (Å²) in [6.07, 6.45) is 0.883. The van der Waals surface area contributed by atoms with E-state index in [1.807, 2.05) is 19.1 Å². The molecule has 1 rings (SSSR count). The van der Waals surface area contributed by atoms with E-state index in [2.05, 4.69) is 21.2 Å². The highest BCUT2D eigenvalue weighted by Gasteiger charge is 2.17. The molecule has 1 unspecified atom stereocenters. The zero-order valence-corrected chi connectivity index (χ0v) is 13.5. The molecule has 0 spiro atoms. The molecule has 0 aliphatic carbocycles. The highest BCUT2D eigenvalue weighted by molar-refractivity contribution is 9.10. The summed E-state index contributed by atoms with van der Waals surface area (Å²) < 4.78 is 11.9. The Hall–Kier alpha value is -1.27. The Morgan fingerprint density at radius 3 is 2.75 bits per heavy atom. The molecule has 1 atom stereocenters. The van der Waals surface area contributed by atoms with Gasteiger partial charge in [-0.1, -0.05) is 22.9 Å². The van der Waals surface area contributed by atoms with Crippen molar-refractivity contribution in [1.82, 2.24) is 5.32 Å². The van der Waals surface area contributed by atoms with Gasteiger partial charge < -0.3 is 19.9 Å². The van der Waals surface area contributed by atoms with Crippen molar-refractivity contribution in [3.8, 4) is 11.5 Å². The fourth-order valence-electron chi connectivity index (χ4n) is 1.61. The average Bonchev–Trinajstić information content (AvgIpc) is 2.43. The first kappa shape index (κ1) is 16.8. The minimum Gasteiger partial charge on any atom is -0.493 e. The van der Waals surface area contributed by atoms with Crippen molar-refractivity contribution < 1.29 is 19.4 Å². The quantitative estimate of drug-likeness (QED) is 0.758. The Labute approximate surface area is 127 Å². The molecule has 0 radical (unpaired) electrons. The average molecular weight is 346 g/mol. The van der Waals surface area contributed by atoms with Gasteiger partial charge in [-0.05, 0) is 25.5 Å². The first-order valence-electron chi connectivity index (χ1n) is 6.45. The molecule has 5 nitrogen and oxygen atoms in total. The summed E-state index contributed by atoms with van der Waals surface area (Å²) in [4.78, 5) is 10.9. The van der Waals surface area contributed by atoms with Gasteiger partial charge >= 0.3 is 5.97 Å². The summed E-state index contributed by atoms with van der Waals surface area (Å²) in [6, 6.07) is 3.05. The number of nitrogens with one attached hydrogen (secondary N) is 1. The smallest absolute Gasteiger partial charge is 0.320 e. The lowest BCUT2D eigenvalue weighted by molar-refractivity contribution is -0.139. The van der Waals surface area contributed by atoms with Gasteiger partial charge in [0, 0.05) is 16.6 Å². The van der Waals surface area contributed by atoms with E-state index < -0.39 is 12.0 Å². The van der Waals surface area contributed by atoms with Gasteiger partial charge in [-0.2, -0.15) is 0 Å². The summed E-state index contributed by atoms with van der Waals surface area (Å²) in [5.74, 6) is 0.398. The molecular weight excluding hydrogens is 326 g/mol. The van der Waals surface area contributed by atoms with E-state index in [1.54, 1.807) is 14.0 Å². The van der Waals surface area contributed by atoms with E-state index in [-0.39, 0.29) is 0 Å². The number of benzene rings is 1. The third-order valence-corrected chi connectivity index (χ3v) is 3.54. The van der Waals surface area contributed by atoms with E-state index in [9.17, 15) is 4.79 Å². The zero-order chi connectivity index (χ0) is 15.1. The lowest BCUT2D eigenvalue weighted by atomic mass is 10.1. The van der Waals surface area contributed by atoms with Gasteiger partial charge in [-0.25, -0.2) is 0 Å². The lowest BCUT2D eigenvalue weighted by Gasteiger charge is -2.17. The number of halogens is 1. The van der Waals surface area contributed by atoms with E-state index >= 15 is 0 Å². The normalized spacial score (nSPS) is 12.0. The Balaban J connectivity index is 2.98. The van der Waals surface area contributed by atoms with Crippen LogP contribution < -0.4 is 14.8 Å². The summed E-state index contributed by atoms with van der Waals surface area (Å²) in [7, 11) is 1.58. The van der Waals surface area contributed by atoms with Crippen molar-refractivity contribution >= 4 is 21.9 Å². The van der Waals surface area contributed by atoms with E-state index in [0.717, 1.165) is 16.5 Å². The molecule has 2 N–H and O–H groups in total. The molecule has 0 aromatic heterocycles. The highest BCUT2D eigenvalue weighted by atomic mass is 79.9. The summed E-state index contributed by atoms with van der Waals surface area (Å²) in [5.41, 5.74) is 0.853. The van der Waals surface area contributed by atoms with Crippen molar-refractivity contribution in [2.45, 2.75) is 32.9 Å². The van der Waals surface area contributed by atoms with Crippen LogP contribution in [0.4, 0.5) is 0 Å². The Morgan fingerprint density at radius 2 is 2.20 bits per heavy atom. The maximum atomic E-state index is 10.9. The molecule has 0 aliphatic heterocycles. The van der Waals surface area contributed by atoms with E-state index in [1.165, 1.54) is 0 Å². The molecule has 0 fully saturated rings. The van der Waals surface area contributed by atoms with E-state index in [4.69, 9.17) is 14.6 Å². The summed E-state index contributed by atoms with van der Waals surface area (Å²) in [6.45, 7) is 4.58. The maximum absolute atomic E-state index is 10.9. The largest absolute Gasteiger partial charge is 0.493 e. The minimum absolute atomic E-state index is 0.379. The highest BCUT2D eigenvalue weighted by Crippen LogP contribution is 2.36. The number of ether oxygens (including phenoxy) is 2. The maximum Gasteiger partial charge on any atom is 0.320 e. The number of aliphatic carboxylic acids is 1. The van der Waals surface area contributed by atoms with Crippen molar-refractivity contribution in [3.05, 3.63) is 22.2 Å². The topological polar surface area (TPSA) is 67.8 Å². The van der Waals surface area contributed by atoms with Gasteiger partial charge in [-0.15, -0.1) is 0 Å². The predicted molar refractivity (Wildman–Crippen MR) is 80.4 cm³/mol. The van der Waals surface area contributed by atoms with Crippen molar-refractivity contribution in [2.24, 2.45) is 0 Å². The Kier molecular flexibility index (Phi) is 6.81. The van der Waals surface area contributed by atoms with Gasteiger partial charge in [0.15, 0.2) is 11.5 Å². The lowest BCUT2D eigenvalue weighted by Crippen LogP contribution is -2.33. The van der Waals surface area contributed by atoms with Crippen molar-refractivity contribution in [1.29, 1.82) is 0 Å². The van der Waals surface area contributed by atoms with Crippen LogP contribution in [0.25, 0.3) is 0 Å². The van der Waals surface area contributed by atoms with Gasteiger partial charge in [0.2, 0.25) is 0 Å². The molecule has 0 heterocycles. The Morgan fingerprint density at radius 1 is 1.50 bits per heavy atom. The summed E-state index contributed by atoms with van der Waals surface area (Å²) >= 11 is 3.47. The number of hydrogen-bond donors (Lipinski definition) is 2. The van der Waals surface area contributed by atoms with Crippen LogP contribution in [0.3, 0.4) is 0 Å². The molecular formula is C14H20BrNO4. The van der Waals surface area contributed by atoms with Crippen molar-refractivity contribution in [2.75, 3.05) is 13.7 Å². The molecule has 0 saturated heterocycles. The predicted octanol–water partition coefficient (Wildman–Crippen LogP) is 2.81. The first-order chi connectivity index (χ1) is 9.51. The second-order valence-corrected chi connectivity index (χ2v) is 5.20. The number of carboxylic acids is 1. The van der Waals surface area contributed by atoms with Crippen LogP contribution in [0.15, 0.2) is 16.6 Å². The van der Waals surface area contributed by atoms with Crippen LogP contribution in [0.2, 0.25) is 0 Å². The molecule has 20 heavy (non-hydrogen) atoms. The van der Waals surface area contributed by atoms with Gasteiger partial charge in [0.1, 0.15) is 6.04 Å². The summed E-state index contributed by atoms with van der Waals surface area (Å²) in [5, 5.41) is 11.9. The number of hydrogen-bond acceptors (Lipinski definition) is 4. The standard InChI is InChI=1S/C14H20BrNO4/c1-4-7-20-13-10(8-16-9(2)14(17)18)11(15)5-6-12(13)19-3/h5-6,9,16H,4,7-8H2,1-3H3,(H,17,18). The minimum atomic E-state index is -0.889. The second-order valence-electron chi connectivity index (χ2n) is 4.35. The second kappa shape index (κ2) is 8.11. The van der Waals surface area contributed by atoms with Crippen LogP contribution in [-0.2, 0) is 11.3 Å².